The number of ether oxygens (including phenoxy) is 2. The van der Waals surface area contributed by atoms with E-state index in [9.17, 15) is 28.6 Å². The molecule has 6 N–H and O–H groups in total. The zero-order valence-corrected chi connectivity index (χ0v) is 26.4. The fraction of sp³-hybridized carbons (Fsp3) is 0.500. The fourth-order valence-corrected chi connectivity index (χ4v) is 7.09. The van der Waals surface area contributed by atoms with Gasteiger partial charge in [-0.25, -0.2) is 28.9 Å². The third kappa shape index (κ3) is 6.99. The zero-order valence-electron chi connectivity index (χ0n) is 22.9. The number of aromatic amines is 1. The van der Waals surface area contributed by atoms with Gasteiger partial charge in [-0.15, -0.1) is 0 Å². The second kappa shape index (κ2) is 12.7. The molecule has 2 fully saturated rings. The summed E-state index contributed by atoms with van der Waals surface area (Å²) in [5.74, 6) is -1.18. The summed E-state index contributed by atoms with van der Waals surface area (Å²) in [4.78, 5) is 49.7. The highest BCUT2D eigenvalue weighted by atomic mass is 32.7. The number of nitrogens with one attached hydrogen (secondary N) is 1. The Morgan fingerprint density at radius 1 is 1.07 bits per heavy atom. The van der Waals surface area contributed by atoms with Crippen molar-refractivity contribution < 1.29 is 46.9 Å². The summed E-state index contributed by atoms with van der Waals surface area (Å²) < 4.78 is 58.3. The van der Waals surface area contributed by atoms with Crippen LogP contribution in [0.3, 0.4) is 0 Å². The summed E-state index contributed by atoms with van der Waals surface area (Å²) in [5, 5.41) is 10.3. The monoisotopic (exact) mass is 708 g/mol. The van der Waals surface area contributed by atoms with Gasteiger partial charge in [0, 0.05) is 18.5 Å². The molecule has 6 rings (SSSR count). The van der Waals surface area contributed by atoms with Gasteiger partial charge in [-0.05, 0) is 18.2 Å². The molecular formula is C22H27FN8O10P2S2. The molecular weight excluding hydrogens is 681 g/mol. The van der Waals surface area contributed by atoms with E-state index in [0.717, 1.165) is 12.5 Å². The molecule has 0 aromatic carbocycles. The van der Waals surface area contributed by atoms with Crippen molar-refractivity contribution in [2.75, 3.05) is 25.6 Å². The van der Waals surface area contributed by atoms with Crippen LogP contribution in [0.2, 0.25) is 0 Å². The fourth-order valence-electron chi connectivity index (χ4n) is 5.34. The van der Waals surface area contributed by atoms with Gasteiger partial charge in [0.1, 0.15) is 29.6 Å². The Balaban J connectivity index is 1.11. The van der Waals surface area contributed by atoms with Gasteiger partial charge >= 0.3 is 13.5 Å². The molecule has 0 radical (unpaired) electrons. The number of aromatic nitrogens is 7. The third-order valence-electron chi connectivity index (χ3n) is 7.27. The second-order valence-corrected chi connectivity index (χ2v) is 15.9. The molecule has 4 aromatic rings. The highest BCUT2D eigenvalue weighted by Gasteiger charge is 2.41. The van der Waals surface area contributed by atoms with Crippen LogP contribution < -0.4 is 11.3 Å². The van der Waals surface area contributed by atoms with Crippen LogP contribution in [0.5, 0.6) is 0 Å². The Labute approximate surface area is 262 Å². The molecule has 4 aromatic heterocycles. The van der Waals surface area contributed by atoms with Gasteiger partial charge in [0.25, 0.3) is 5.56 Å². The zero-order chi connectivity index (χ0) is 32.1. The Morgan fingerprint density at radius 2 is 1.78 bits per heavy atom. The molecule has 0 bridgehead atoms. The number of imidazole rings is 1. The average molecular weight is 709 g/mol. The normalized spacial score (nSPS) is 27.0. The summed E-state index contributed by atoms with van der Waals surface area (Å²) >= 11 is 8.61. The molecule has 2 saturated heterocycles. The number of anilines is 1. The first-order valence-corrected chi connectivity index (χ1v) is 18.6. The smallest absolute Gasteiger partial charge is 0.386 e. The van der Waals surface area contributed by atoms with Crippen LogP contribution in [0.1, 0.15) is 25.3 Å². The highest BCUT2D eigenvalue weighted by molar-refractivity contribution is 8.44. The van der Waals surface area contributed by atoms with Gasteiger partial charge in [0.15, 0.2) is 29.2 Å². The molecule has 2 aliphatic rings. The molecule has 45 heavy (non-hydrogen) atoms. The number of hydrogen-bond acceptors (Lipinski definition) is 14. The average Bonchev–Trinajstić information content (AvgIpc) is 3.74. The summed E-state index contributed by atoms with van der Waals surface area (Å²) in [6.07, 6.45) is 0.668. The van der Waals surface area contributed by atoms with E-state index in [-0.39, 0.29) is 49.5 Å². The van der Waals surface area contributed by atoms with Gasteiger partial charge in [0.2, 0.25) is 0 Å². The Hall–Kier alpha value is -2.39. The first-order chi connectivity index (χ1) is 21.3. The van der Waals surface area contributed by atoms with Crippen LogP contribution in [0.25, 0.3) is 22.2 Å². The minimum Gasteiger partial charge on any atom is -0.388 e. The third-order valence-corrected chi connectivity index (χ3v) is 9.72. The van der Waals surface area contributed by atoms with Gasteiger partial charge in [0.05, 0.1) is 44.7 Å². The number of H-pyrrole nitrogens is 1. The van der Waals surface area contributed by atoms with Crippen molar-refractivity contribution in [3.63, 3.8) is 0 Å². The lowest BCUT2D eigenvalue weighted by atomic mass is 10.0. The molecule has 2 aliphatic heterocycles. The number of fused-ring (bicyclic) bond motifs is 2. The number of aliphatic hydroxyl groups is 1. The van der Waals surface area contributed by atoms with E-state index in [1.54, 1.807) is 4.57 Å². The number of nitrogen functional groups attached to an aromatic ring is 1. The minimum atomic E-state index is -4.01. The standard InChI is InChI=1S/C22H27FN8O10P2S2/c23-13-3-30(18-15(13)20(33)28-8-26-18)22-14(32)2-12(41-22)6-39-43(36,45)38-4-10-1-11(5-37-42(34,35)44)40-21(10)31-9-29-16-17(24)25-7-27-19(16)31/h3,7-12,14,21-22,32H,1-2,4-6H2,(H,36,45)(H2,24,25,27)(H,26,28,33)(H2,34,35,44)/t10-,11-,12-,14+,21+,22+,43?/m0/s1. The van der Waals surface area contributed by atoms with Crippen LogP contribution in [0.15, 0.2) is 30.0 Å². The van der Waals surface area contributed by atoms with Crippen molar-refractivity contribution in [2.45, 2.75) is 43.6 Å². The molecule has 0 saturated carbocycles. The number of rotatable bonds is 11. The van der Waals surface area contributed by atoms with Gasteiger partial charge in [-0.1, -0.05) is 12.2 Å². The van der Waals surface area contributed by atoms with Gasteiger partial charge in [-0.3, -0.25) is 13.9 Å². The van der Waals surface area contributed by atoms with Crippen molar-refractivity contribution >= 4 is 65.6 Å². The van der Waals surface area contributed by atoms with E-state index in [1.165, 1.54) is 17.2 Å². The molecule has 1 unspecified atom stereocenters. The molecule has 0 spiro atoms. The Bertz CT molecular complexity index is 1870. The lowest BCUT2D eigenvalue weighted by Crippen LogP contribution is -2.20. The maximum Gasteiger partial charge on any atom is 0.386 e. The van der Waals surface area contributed by atoms with E-state index in [2.05, 4.69) is 49.0 Å². The van der Waals surface area contributed by atoms with Crippen molar-refractivity contribution in [3.8, 4) is 0 Å². The molecule has 6 heterocycles. The number of nitrogens with zero attached hydrogens (tertiary/aromatic N) is 6. The van der Waals surface area contributed by atoms with Gasteiger partial charge < -0.3 is 48.7 Å². The highest BCUT2D eigenvalue weighted by Crippen LogP contribution is 2.55. The maximum atomic E-state index is 14.4. The van der Waals surface area contributed by atoms with Crippen molar-refractivity contribution in [1.29, 1.82) is 0 Å². The van der Waals surface area contributed by atoms with Crippen molar-refractivity contribution in [3.05, 3.63) is 41.3 Å². The van der Waals surface area contributed by atoms with Crippen LogP contribution in [-0.4, -0.2) is 87.1 Å². The maximum absolute atomic E-state index is 14.4. The van der Waals surface area contributed by atoms with Crippen LogP contribution in [0.4, 0.5) is 10.2 Å². The Morgan fingerprint density at radius 3 is 2.56 bits per heavy atom. The lowest BCUT2D eigenvalue weighted by molar-refractivity contribution is -0.0474. The summed E-state index contributed by atoms with van der Waals surface area (Å²) in [6, 6.07) is 0. The van der Waals surface area contributed by atoms with E-state index >= 15 is 0 Å². The SMILES string of the molecule is Nc1ncnc2c1ncn2[C@@H]1O[C@H](COP(O)(O)=S)C[C@H]1COP(=O)(S)OC[C@@H]1C[C@@H](O)[C@H](n2cc(F)c3c(=O)[nH]cnc32)O1. The summed E-state index contributed by atoms with van der Waals surface area (Å²) in [5.41, 5.74) is 5.91. The van der Waals surface area contributed by atoms with E-state index < -0.39 is 61.6 Å². The van der Waals surface area contributed by atoms with E-state index in [4.69, 9.17) is 28.8 Å². The Kier molecular flexibility index (Phi) is 9.16. The first-order valence-electron chi connectivity index (χ1n) is 13.3. The van der Waals surface area contributed by atoms with Crippen molar-refractivity contribution in [1.82, 2.24) is 34.1 Å². The predicted molar refractivity (Wildman–Crippen MR) is 160 cm³/mol. The van der Waals surface area contributed by atoms with Crippen LogP contribution in [0, 0.1) is 11.7 Å². The topological polar surface area (TPSA) is 244 Å². The largest absolute Gasteiger partial charge is 0.388 e. The summed E-state index contributed by atoms with van der Waals surface area (Å²) in [7, 11) is 0. The number of halogens is 1. The first kappa shape index (κ1) is 32.5. The number of nitrogens with two attached hydrogens (primary N) is 1. The molecule has 23 heteroatoms. The molecule has 7 atom stereocenters. The lowest BCUT2D eigenvalue weighted by Gasteiger charge is -2.22. The minimum absolute atomic E-state index is 0.0137. The molecule has 244 valence electrons. The van der Waals surface area contributed by atoms with E-state index in [1.807, 2.05) is 0 Å². The molecule has 0 aliphatic carbocycles. The predicted octanol–water partition coefficient (Wildman–Crippen LogP) is 1.13. The van der Waals surface area contributed by atoms with Crippen molar-refractivity contribution in [2.24, 2.45) is 5.92 Å². The van der Waals surface area contributed by atoms with Crippen LogP contribution >= 0.6 is 25.8 Å². The number of thiol groups is 1. The quantitative estimate of drug-likeness (QED) is 0.0945. The molecule has 0 amide bonds. The second-order valence-electron chi connectivity index (χ2n) is 10.3. The molecule has 18 nitrogen and oxygen atoms in total. The van der Waals surface area contributed by atoms with Gasteiger partial charge in [-0.2, -0.15) is 0 Å². The number of aliphatic hydroxyl groups excluding tert-OH is 1. The summed E-state index contributed by atoms with van der Waals surface area (Å²) in [6.45, 7) is -8.69. The number of hydrogen-bond donors (Lipinski definition) is 6. The van der Waals surface area contributed by atoms with Crippen LogP contribution in [-0.2, 0) is 39.4 Å². The van der Waals surface area contributed by atoms with E-state index in [0.29, 0.717) is 11.2 Å².